The van der Waals surface area contributed by atoms with Crippen LogP contribution >= 0.6 is 0 Å². The molecule has 0 heterocycles. The molecule has 2 atom stereocenters. The van der Waals surface area contributed by atoms with Crippen molar-refractivity contribution in [2.45, 2.75) is 60.0 Å². The van der Waals surface area contributed by atoms with Crippen molar-refractivity contribution in [3.63, 3.8) is 0 Å². The molecule has 0 saturated heterocycles. The van der Waals surface area contributed by atoms with Crippen LogP contribution < -0.4 is 16.0 Å². The Labute approximate surface area is 180 Å². The number of benzene rings is 2. The number of amides is 2. The van der Waals surface area contributed by atoms with Crippen LogP contribution in [0, 0.1) is 19.8 Å². The van der Waals surface area contributed by atoms with Crippen LogP contribution in [0.5, 0.6) is 0 Å². The van der Waals surface area contributed by atoms with E-state index in [0.717, 1.165) is 23.2 Å². The number of rotatable bonds is 9. The van der Waals surface area contributed by atoms with Gasteiger partial charge in [-0.2, -0.15) is 0 Å². The number of para-hydroxylation sites is 1. The van der Waals surface area contributed by atoms with Gasteiger partial charge >= 0.3 is 0 Å². The van der Waals surface area contributed by atoms with Gasteiger partial charge in [0.1, 0.15) is 6.04 Å². The molecule has 2 amide bonds. The maximum atomic E-state index is 12.5. The van der Waals surface area contributed by atoms with E-state index in [1.165, 1.54) is 11.1 Å². The third-order valence-corrected chi connectivity index (χ3v) is 5.31. The lowest BCUT2D eigenvalue weighted by atomic mass is 9.99. The Balaban J connectivity index is 1.83. The number of anilines is 1. The number of carbonyl (C=O) groups is 2. The molecule has 5 heteroatoms. The highest BCUT2D eigenvalue weighted by molar-refractivity contribution is 5.96. The van der Waals surface area contributed by atoms with Crippen LogP contribution in [-0.2, 0) is 16.0 Å². The first-order valence-electron chi connectivity index (χ1n) is 10.7. The van der Waals surface area contributed by atoms with Crippen molar-refractivity contribution in [3.8, 4) is 0 Å². The van der Waals surface area contributed by atoms with Gasteiger partial charge in [-0.3, -0.25) is 9.59 Å². The van der Waals surface area contributed by atoms with Crippen molar-refractivity contribution in [2.24, 2.45) is 5.92 Å². The number of nitrogens with one attached hydrogen (secondary N) is 2. The zero-order valence-electron chi connectivity index (χ0n) is 19.1. The second kappa shape index (κ2) is 10.9. The Morgan fingerprint density at radius 1 is 0.933 bits per heavy atom. The van der Waals surface area contributed by atoms with Gasteiger partial charge in [-0.15, -0.1) is 0 Å². The highest BCUT2D eigenvalue weighted by Gasteiger charge is 2.21. The summed E-state index contributed by atoms with van der Waals surface area (Å²) in [6.45, 7) is 12.3. The second-order valence-corrected chi connectivity index (χ2v) is 8.64. The predicted octanol–water partition coefficient (Wildman–Crippen LogP) is 3.27. The molecular weight excluding hydrogens is 374 g/mol. The van der Waals surface area contributed by atoms with E-state index >= 15 is 0 Å². The molecule has 0 aromatic heterocycles. The maximum Gasteiger partial charge on any atom is 0.278 e. The monoisotopic (exact) mass is 410 g/mol. The summed E-state index contributed by atoms with van der Waals surface area (Å²) < 4.78 is 0. The summed E-state index contributed by atoms with van der Waals surface area (Å²) in [5, 5.41) is 7.66. The molecule has 0 bridgehead atoms. The van der Waals surface area contributed by atoms with Crippen LogP contribution in [0.3, 0.4) is 0 Å². The second-order valence-electron chi connectivity index (χ2n) is 8.64. The summed E-state index contributed by atoms with van der Waals surface area (Å²) in [6, 6.07) is 14.3. The highest BCUT2D eigenvalue weighted by Crippen LogP contribution is 2.19. The number of quaternary nitrogens is 1. The number of hydrogen-bond acceptors (Lipinski definition) is 2. The van der Waals surface area contributed by atoms with Gasteiger partial charge in [0, 0.05) is 11.3 Å². The van der Waals surface area contributed by atoms with Gasteiger partial charge in [0.2, 0.25) is 5.91 Å². The molecule has 0 aliphatic heterocycles. The molecule has 0 spiro atoms. The molecule has 5 nitrogen and oxygen atoms in total. The van der Waals surface area contributed by atoms with Crippen LogP contribution in [0.2, 0.25) is 0 Å². The Hall–Kier alpha value is -2.66. The molecule has 0 aliphatic rings. The predicted molar refractivity (Wildman–Crippen MR) is 122 cm³/mol. The zero-order valence-corrected chi connectivity index (χ0v) is 19.1. The molecule has 0 fully saturated rings. The van der Waals surface area contributed by atoms with E-state index in [0.29, 0.717) is 5.92 Å². The minimum absolute atomic E-state index is 0.0386. The lowest BCUT2D eigenvalue weighted by Gasteiger charge is -2.17. The Bertz CT molecular complexity index is 839. The Morgan fingerprint density at radius 2 is 1.53 bits per heavy atom. The fourth-order valence-corrected chi connectivity index (χ4v) is 3.58. The van der Waals surface area contributed by atoms with Crippen molar-refractivity contribution in [1.29, 1.82) is 0 Å². The van der Waals surface area contributed by atoms with Gasteiger partial charge in [-0.1, -0.05) is 56.3 Å². The minimum Gasteiger partial charge on any atom is -0.342 e. The number of aryl methyl sites for hydroxylation is 2. The van der Waals surface area contributed by atoms with E-state index in [1.807, 2.05) is 44.3 Å². The first-order chi connectivity index (χ1) is 14.2. The molecule has 0 saturated carbocycles. The summed E-state index contributed by atoms with van der Waals surface area (Å²) in [4.78, 5) is 24.7. The molecular formula is C25H36N3O2+. The normalized spacial score (nSPS) is 13.0. The first-order valence-corrected chi connectivity index (χ1v) is 10.7. The topological polar surface area (TPSA) is 74.8 Å². The maximum absolute atomic E-state index is 12.5. The SMILES string of the molecule is Cc1cccc(C)c1NC(=O)CNC(=O)[C@@H](C)[NH2+][C@H](C)c1ccc(CC(C)C)cc1. The van der Waals surface area contributed by atoms with Gasteiger partial charge in [-0.25, -0.2) is 0 Å². The summed E-state index contributed by atoms with van der Waals surface area (Å²) >= 11 is 0. The van der Waals surface area contributed by atoms with Crippen molar-refractivity contribution in [2.75, 3.05) is 11.9 Å². The van der Waals surface area contributed by atoms with Gasteiger partial charge in [-0.05, 0) is 56.7 Å². The van der Waals surface area contributed by atoms with Gasteiger partial charge < -0.3 is 16.0 Å². The lowest BCUT2D eigenvalue weighted by Crippen LogP contribution is -2.92. The van der Waals surface area contributed by atoms with Gasteiger partial charge in [0.25, 0.3) is 5.91 Å². The fourth-order valence-electron chi connectivity index (χ4n) is 3.58. The zero-order chi connectivity index (χ0) is 22.3. The van der Waals surface area contributed by atoms with Crippen LogP contribution in [-0.4, -0.2) is 24.4 Å². The number of carbonyl (C=O) groups excluding carboxylic acids is 2. The summed E-state index contributed by atoms with van der Waals surface area (Å²) in [5.41, 5.74) is 5.34. The lowest BCUT2D eigenvalue weighted by molar-refractivity contribution is -0.710. The van der Waals surface area contributed by atoms with Crippen molar-refractivity contribution >= 4 is 17.5 Å². The molecule has 162 valence electrons. The van der Waals surface area contributed by atoms with E-state index in [2.05, 4.69) is 55.7 Å². The Morgan fingerprint density at radius 3 is 2.10 bits per heavy atom. The molecule has 30 heavy (non-hydrogen) atoms. The molecule has 4 N–H and O–H groups in total. The standard InChI is InChI=1S/C25H35N3O2/c1-16(2)14-21-10-12-22(13-11-21)19(5)27-20(6)25(30)26-15-23(29)28-24-17(3)8-7-9-18(24)4/h7-13,16,19-20,27H,14-15H2,1-6H3,(H,26,30)(H,28,29)/p+1/t19-,20-/m1/s1. The van der Waals surface area contributed by atoms with E-state index in [1.54, 1.807) is 0 Å². The molecule has 0 unspecified atom stereocenters. The summed E-state index contributed by atoms with van der Waals surface area (Å²) in [5.74, 6) is 0.271. The van der Waals surface area contributed by atoms with Crippen LogP contribution in [0.15, 0.2) is 42.5 Å². The van der Waals surface area contributed by atoms with Crippen LogP contribution in [0.4, 0.5) is 5.69 Å². The molecule has 2 aromatic rings. The average molecular weight is 411 g/mol. The molecule has 2 aromatic carbocycles. The fraction of sp³-hybridized carbons (Fsp3) is 0.440. The number of nitrogens with two attached hydrogens (primary N) is 1. The highest BCUT2D eigenvalue weighted by atomic mass is 16.2. The van der Waals surface area contributed by atoms with Crippen molar-refractivity contribution < 1.29 is 14.9 Å². The average Bonchev–Trinajstić information content (AvgIpc) is 2.69. The van der Waals surface area contributed by atoms with Crippen LogP contribution in [0.25, 0.3) is 0 Å². The van der Waals surface area contributed by atoms with Gasteiger partial charge in [0.15, 0.2) is 6.04 Å². The van der Waals surface area contributed by atoms with E-state index < -0.39 is 0 Å². The molecule has 0 aliphatic carbocycles. The van der Waals surface area contributed by atoms with E-state index in [9.17, 15) is 9.59 Å². The quantitative estimate of drug-likeness (QED) is 0.593. The minimum atomic E-state index is -0.289. The summed E-state index contributed by atoms with van der Waals surface area (Å²) in [7, 11) is 0. The molecule has 0 radical (unpaired) electrons. The largest absolute Gasteiger partial charge is 0.342 e. The van der Waals surface area contributed by atoms with Crippen molar-refractivity contribution in [1.82, 2.24) is 5.32 Å². The first kappa shape index (κ1) is 23.6. The third kappa shape index (κ3) is 6.99. The van der Waals surface area contributed by atoms with E-state index in [-0.39, 0.29) is 30.4 Å². The smallest absolute Gasteiger partial charge is 0.278 e. The third-order valence-electron chi connectivity index (χ3n) is 5.31. The Kier molecular flexibility index (Phi) is 8.60. The summed E-state index contributed by atoms with van der Waals surface area (Å²) in [6.07, 6.45) is 1.07. The number of hydrogen-bond donors (Lipinski definition) is 3. The van der Waals surface area contributed by atoms with Crippen LogP contribution in [0.1, 0.15) is 56.0 Å². The van der Waals surface area contributed by atoms with Crippen molar-refractivity contribution in [3.05, 3.63) is 64.7 Å². The van der Waals surface area contributed by atoms with E-state index in [4.69, 9.17) is 0 Å². The van der Waals surface area contributed by atoms with Gasteiger partial charge in [0.05, 0.1) is 6.54 Å². The molecule has 2 rings (SSSR count).